The van der Waals surface area contributed by atoms with Gasteiger partial charge in [0.1, 0.15) is 15.0 Å². The second-order valence-electron chi connectivity index (χ2n) is 8.50. The predicted molar refractivity (Wildman–Crippen MR) is 135 cm³/mol. The van der Waals surface area contributed by atoms with Crippen molar-refractivity contribution in [3.05, 3.63) is 80.7 Å². The molecule has 1 aliphatic carbocycles. The monoisotopic (exact) mass is 486 g/mol. The maximum atomic E-state index is 13.5. The molecule has 6 rings (SSSR count). The molecule has 1 aliphatic rings. The van der Waals surface area contributed by atoms with Crippen molar-refractivity contribution in [3.63, 3.8) is 0 Å². The van der Waals surface area contributed by atoms with Gasteiger partial charge in [0, 0.05) is 21.7 Å². The zero-order valence-corrected chi connectivity index (χ0v) is 19.9. The Bertz CT molecular complexity index is 1650. The summed E-state index contributed by atoms with van der Waals surface area (Å²) < 4.78 is 1.80. The van der Waals surface area contributed by atoms with Gasteiger partial charge in [0.05, 0.1) is 5.69 Å². The van der Waals surface area contributed by atoms with E-state index in [9.17, 15) is 9.59 Å². The number of carbonyl (C=O) groups is 1. The molecule has 0 saturated heterocycles. The number of benzene rings is 2. The number of rotatable bonds is 3. The summed E-state index contributed by atoms with van der Waals surface area (Å²) in [7, 11) is 0. The third-order valence-electron chi connectivity index (χ3n) is 6.36. The van der Waals surface area contributed by atoms with Gasteiger partial charge < -0.3 is 0 Å². The summed E-state index contributed by atoms with van der Waals surface area (Å²) in [4.78, 5) is 30.9. The van der Waals surface area contributed by atoms with Crippen molar-refractivity contribution in [3.8, 4) is 16.8 Å². The minimum absolute atomic E-state index is 0.0327. The lowest BCUT2D eigenvalue weighted by molar-refractivity contribution is 0.101. The molecule has 3 aromatic heterocycles. The fourth-order valence-corrected chi connectivity index (χ4v) is 5.87. The molecule has 0 aliphatic heterocycles. The molecule has 2 aromatic carbocycles. The van der Waals surface area contributed by atoms with Gasteiger partial charge >= 0.3 is 0 Å². The molecule has 3 heterocycles. The summed E-state index contributed by atoms with van der Waals surface area (Å²) in [5, 5.41) is 10.3. The Kier molecular flexibility index (Phi) is 5.04. The topological polar surface area (TPSA) is 77.7 Å². The van der Waals surface area contributed by atoms with Gasteiger partial charge in [-0.3, -0.25) is 9.59 Å². The third-order valence-corrected chi connectivity index (χ3v) is 7.68. The summed E-state index contributed by atoms with van der Waals surface area (Å²) in [5.41, 5.74) is 5.92. The smallest absolute Gasteiger partial charge is 0.292 e. The largest absolute Gasteiger partial charge is 0.295 e. The number of Topliss-reactive ketones (excluding diaryl/α,β-unsaturated/α-hetero) is 1. The van der Waals surface area contributed by atoms with Crippen molar-refractivity contribution < 1.29 is 4.79 Å². The number of aryl methyl sites for hydroxylation is 1. The number of ketones is 1. The van der Waals surface area contributed by atoms with Crippen LogP contribution in [0, 0.1) is 0 Å². The zero-order chi connectivity index (χ0) is 23.4. The van der Waals surface area contributed by atoms with E-state index in [4.69, 9.17) is 16.6 Å². The predicted octanol–water partition coefficient (Wildman–Crippen LogP) is 5.79. The van der Waals surface area contributed by atoms with E-state index in [1.807, 2.05) is 24.3 Å². The Labute approximate surface area is 203 Å². The molecule has 0 atom stereocenters. The number of thiophene rings is 1. The molecule has 8 heteroatoms. The lowest BCUT2D eigenvalue weighted by Crippen LogP contribution is -2.21. The van der Waals surface area contributed by atoms with E-state index in [1.165, 1.54) is 28.5 Å². The molecule has 0 N–H and O–H groups in total. The van der Waals surface area contributed by atoms with Gasteiger partial charge in [-0.05, 0) is 85.7 Å². The lowest BCUT2D eigenvalue weighted by atomic mass is 9.87. The standard InChI is InChI=1S/C26H19ClN4O2S/c1-14(32)15-8-12-18(13-9-15)31-26(33)24-23(29-30-31)22-21(16-6-10-17(27)11-7-16)19-4-2-3-5-20(19)28-25(22)34-24/h6-13H,2-5H2,1H3. The maximum absolute atomic E-state index is 13.5. The normalized spacial score (nSPS) is 13.4. The van der Waals surface area contributed by atoms with Crippen molar-refractivity contribution in [1.82, 2.24) is 20.0 Å². The molecule has 0 bridgehead atoms. The van der Waals surface area contributed by atoms with Crippen LogP contribution < -0.4 is 5.56 Å². The van der Waals surface area contributed by atoms with Crippen molar-refractivity contribution in [2.24, 2.45) is 0 Å². The van der Waals surface area contributed by atoms with Gasteiger partial charge in [-0.15, -0.1) is 16.4 Å². The quantitative estimate of drug-likeness (QED) is 0.301. The molecular weight excluding hydrogens is 468 g/mol. The van der Waals surface area contributed by atoms with Crippen molar-refractivity contribution in [2.45, 2.75) is 32.6 Å². The summed E-state index contributed by atoms with van der Waals surface area (Å²) in [5.74, 6) is -0.0327. The first-order valence-electron chi connectivity index (χ1n) is 11.1. The summed E-state index contributed by atoms with van der Waals surface area (Å²) in [6.07, 6.45) is 4.09. The van der Waals surface area contributed by atoms with Crippen LogP contribution in [0.4, 0.5) is 0 Å². The van der Waals surface area contributed by atoms with Crippen LogP contribution in [0.15, 0.2) is 53.3 Å². The SMILES string of the molecule is CC(=O)c1ccc(-n2nnc3c(sc4nc5c(c(-c6ccc(Cl)cc6)c43)CCCC5)c2=O)cc1. The number of fused-ring (bicyclic) bond motifs is 4. The minimum Gasteiger partial charge on any atom is -0.295 e. The third kappa shape index (κ3) is 3.35. The molecular formula is C26H19ClN4O2S. The van der Waals surface area contributed by atoms with E-state index >= 15 is 0 Å². The summed E-state index contributed by atoms with van der Waals surface area (Å²) in [6.45, 7) is 1.51. The first-order chi connectivity index (χ1) is 16.5. The average molecular weight is 487 g/mol. The van der Waals surface area contributed by atoms with Gasteiger partial charge in [-0.1, -0.05) is 28.9 Å². The van der Waals surface area contributed by atoms with Crippen LogP contribution in [-0.4, -0.2) is 25.8 Å². The van der Waals surface area contributed by atoms with Gasteiger partial charge in [0.15, 0.2) is 5.78 Å². The molecule has 0 fully saturated rings. The molecule has 168 valence electrons. The summed E-state index contributed by atoms with van der Waals surface area (Å²) >= 11 is 7.53. The number of hydrogen-bond acceptors (Lipinski definition) is 6. The van der Waals surface area contributed by atoms with E-state index in [-0.39, 0.29) is 11.3 Å². The molecule has 0 radical (unpaired) electrons. The van der Waals surface area contributed by atoms with Crippen molar-refractivity contribution >= 4 is 49.2 Å². The molecule has 0 spiro atoms. The van der Waals surface area contributed by atoms with Crippen LogP contribution in [0.1, 0.15) is 41.4 Å². The Morgan fingerprint density at radius 2 is 1.76 bits per heavy atom. The van der Waals surface area contributed by atoms with Crippen LogP contribution in [0.3, 0.4) is 0 Å². The molecule has 0 saturated carbocycles. The number of pyridine rings is 1. The molecule has 0 amide bonds. The highest BCUT2D eigenvalue weighted by molar-refractivity contribution is 7.25. The molecule has 5 aromatic rings. The average Bonchev–Trinajstić information content (AvgIpc) is 3.22. The first kappa shape index (κ1) is 21.1. The van der Waals surface area contributed by atoms with E-state index in [1.54, 1.807) is 24.3 Å². The van der Waals surface area contributed by atoms with Gasteiger partial charge in [0.25, 0.3) is 5.56 Å². The molecule has 34 heavy (non-hydrogen) atoms. The van der Waals surface area contributed by atoms with Crippen LogP contribution >= 0.6 is 22.9 Å². The number of halogens is 1. The second-order valence-corrected chi connectivity index (χ2v) is 9.93. The van der Waals surface area contributed by atoms with Gasteiger partial charge in [-0.25, -0.2) is 4.98 Å². The Morgan fingerprint density at radius 1 is 1.03 bits per heavy atom. The molecule has 6 nitrogen and oxygen atoms in total. The number of aromatic nitrogens is 4. The fraction of sp³-hybridized carbons (Fsp3) is 0.192. The van der Waals surface area contributed by atoms with E-state index in [2.05, 4.69) is 10.3 Å². The molecule has 0 unspecified atom stereocenters. The van der Waals surface area contributed by atoms with Crippen molar-refractivity contribution in [2.75, 3.05) is 0 Å². The van der Waals surface area contributed by atoms with E-state index in [0.29, 0.717) is 26.5 Å². The Balaban J connectivity index is 1.63. The minimum atomic E-state index is -0.247. The fourth-order valence-electron chi connectivity index (χ4n) is 4.68. The zero-order valence-electron chi connectivity index (χ0n) is 18.3. The van der Waals surface area contributed by atoms with E-state index < -0.39 is 0 Å². The summed E-state index contributed by atoms with van der Waals surface area (Å²) in [6, 6.07) is 14.6. The second kappa shape index (κ2) is 8.11. The highest BCUT2D eigenvalue weighted by atomic mass is 35.5. The van der Waals surface area contributed by atoms with Crippen LogP contribution in [0.25, 0.3) is 37.2 Å². The van der Waals surface area contributed by atoms with Gasteiger partial charge in [-0.2, -0.15) is 4.68 Å². The maximum Gasteiger partial charge on any atom is 0.292 e. The highest BCUT2D eigenvalue weighted by Crippen LogP contribution is 2.42. The van der Waals surface area contributed by atoms with Crippen LogP contribution in [0.2, 0.25) is 5.02 Å². The number of hydrogen-bond donors (Lipinski definition) is 0. The first-order valence-corrected chi connectivity index (χ1v) is 12.3. The van der Waals surface area contributed by atoms with Crippen LogP contribution in [-0.2, 0) is 12.8 Å². The number of nitrogens with zero attached hydrogens (tertiary/aromatic N) is 4. The van der Waals surface area contributed by atoms with Crippen LogP contribution in [0.5, 0.6) is 0 Å². The van der Waals surface area contributed by atoms with E-state index in [0.717, 1.165) is 52.7 Å². The highest BCUT2D eigenvalue weighted by Gasteiger charge is 2.24. The lowest BCUT2D eigenvalue weighted by Gasteiger charge is -2.20. The number of carbonyl (C=O) groups excluding carboxylic acids is 1. The Hall–Kier alpha value is -3.42. The van der Waals surface area contributed by atoms with Crippen molar-refractivity contribution in [1.29, 1.82) is 0 Å². The Morgan fingerprint density at radius 3 is 2.50 bits per heavy atom. The van der Waals surface area contributed by atoms with Gasteiger partial charge in [0.2, 0.25) is 0 Å².